The molecule has 6 atom stereocenters. The van der Waals surface area contributed by atoms with Crippen LogP contribution < -0.4 is 0 Å². The first-order valence-electron chi connectivity index (χ1n) is 26.2. The fourth-order valence-electron chi connectivity index (χ4n) is 7.94. The van der Waals surface area contributed by atoms with Crippen LogP contribution in [0.15, 0.2) is 30.0 Å². The second kappa shape index (κ2) is 43.8. The zero-order valence-corrected chi connectivity index (χ0v) is 40.4. The normalized spacial score (nSPS) is 19.2. The number of aliphatic hydroxyl groups excluding tert-OH is 4. The van der Waals surface area contributed by atoms with Gasteiger partial charge in [-0.15, -0.1) is 5.73 Å². The molecular weight excluding hydrogens is 797 g/mol. The van der Waals surface area contributed by atoms with E-state index >= 15 is 0 Å². The summed E-state index contributed by atoms with van der Waals surface area (Å²) in [6.45, 7) is 3.39. The van der Waals surface area contributed by atoms with Crippen molar-refractivity contribution in [1.29, 1.82) is 0 Å². The molecule has 368 valence electrons. The molecule has 1 heterocycles. The van der Waals surface area contributed by atoms with Crippen LogP contribution in [0, 0.1) is 0 Å². The van der Waals surface area contributed by atoms with Crippen LogP contribution in [0.25, 0.3) is 0 Å². The fraction of sp³-hybridized carbons (Fsp3) is 0.868. The summed E-state index contributed by atoms with van der Waals surface area (Å²) in [4.78, 5) is 25.4. The highest BCUT2D eigenvalue weighted by Gasteiger charge is 2.44. The lowest BCUT2D eigenvalue weighted by molar-refractivity contribution is -0.305. The molecule has 63 heavy (non-hydrogen) atoms. The topological polar surface area (TPSA) is 152 Å². The summed E-state index contributed by atoms with van der Waals surface area (Å²) in [6.07, 6.45) is 41.2. The molecule has 0 radical (unpaired) electrons. The van der Waals surface area contributed by atoms with Gasteiger partial charge in [-0.1, -0.05) is 180 Å². The number of carbonyl (C=O) groups excluding carboxylic acids is 2. The van der Waals surface area contributed by atoms with Gasteiger partial charge >= 0.3 is 11.9 Å². The monoisotopic (exact) mass is 893 g/mol. The number of esters is 2. The molecule has 1 fully saturated rings. The maximum Gasteiger partial charge on any atom is 0.306 e. The van der Waals surface area contributed by atoms with Crippen LogP contribution in [0.2, 0.25) is 0 Å². The average molecular weight is 893 g/mol. The highest BCUT2D eigenvalue weighted by molar-refractivity contribution is 5.70. The van der Waals surface area contributed by atoms with Gasteiger partial charge in [0.1, 0.15) is 31.0 Å². The van der Waals surface area contributed by atoms with Crippen molar-refractivity contribution in [2.24, 2.45) is 0 Å². The van der Waals surface area contributed by atoms with E-state index in [1.807, 2.05) is 0 Å². The molecule has 1 aliphatic rings. The Morgan fingerprint density at radius 2 is 0.952 bits per heavy atom. The van der Waals surface area contributed by atoms with Crippen LogP contribution in [0.1, 0.15) is 239 Å². The van der Waals surface area contributed by atoms with Crippen molar-refractivity contribution < 1.29 is 49.0 Å². The van der Waals surface area contributed by atoms with Crippen molar-refractivity contribution in [1.82, 2.24) is 0 Å². The van der Waals surface area contributed by atoms with Crippen molar-refractivity contribution in [3.63, 3.8) is 0 Å². The maximum atomic E-state index is 12.8. The number of aliphatic hydroxyl groups is 4. The Hall–Kier alpha value is -2.04. The van der Waals surface area contributed by atoms with Crippen molar-refractivity contribution in [3.05, 3.63) is 30.0 Å². The highest BCUT2D eigenvalue weighted by Crippen LogP contribution is 2.23. The van der Waals surface area contributed by atoms with Gasteiger partial charge in [0, 0.05) is 12.8 Å². The van der Waals surface area contributed by atoms with Gasteiger partial charge in [-0.3, -0.25) is 9.59 Å². The fourth-order valence-corrected chi connectivity index (χ4v) is 7.94. The lowest BCUT2D eigenvalue weighted by Crippen LogP contribution is -2.59. The first-order valence-corrected chi connectivity index (χ1v) is 26.2. The average Bonchev–Trinajstić information content (AvgIpc) is 3.28. The lowest BCUT2D eigenvalue weighted by Gasteiger charge is -2.39. The molecule has 1 aliphatic heterocycles. The van der Waals surface area contributed by atoms with Crippen LogP contribution >= 0.6 is 0 Å². The third-order valence-electron chi connectivity index (χ3n) is 12.1. The van der Waals surface area contributed by atoms with Crippen molar-refractivity contribution in [2.75, 3.05) is 19.8 Å². The molecule has 0 bridgehead atoms. The molecule has 4 N–H and O–H groups in total. The third-order valence-corrected chi connectivity index (χ3v) is 12.1. The molecular formula is C53H96O10. The Balaban J connectivity index is 2.25. The van der Waals surface area contributed by atoms with E-state index in [1.165, 1.54) is 148 Å². The second-order valence-electron chi connectivity index (χ2n) is 18.1. The van der Waals surface area contributed by atoms with Gasteiger partial charge in [0.2, 0.25) is 0 Å². The molecule has 0 aliphatic carbocycles. The summed E-state index contributed by atoms with van der Waals surface area (Å²) < 4.78 is 22.2. The number of carbonyl (C=O) groups is 2. The molecule has 10 nitrogen and oxygen atoms in total. The minimum absolute atomic E-state index is 0.206. The molecule has 0 aromatic heterocycles. The Morgan fingerprint density at radius 1 is 0.524 bits per heavy atom. The summed E-state index contributed by atoms with van der Waals surface area (Å²) in [5.74, 6) is -0.857. The number of rotatable bonds is 44. The van der Waals surface area contributed by atoms with Crippen molar-refractivity contribution in [3.8, 4) is 0 Å². The van der Waals surface area contributed by atoms with E-state index in [1.54, 1.807) is 0 Å². The third kappa shape index (κ3) is 34.9. The van der Waals surface area contributed by atoms with Gasteiger partial charge in [-0.2, -0.15) is 0 Å². The molecule has 2 unspecified atom stereocenters. The molecule has 0 aromatic carbocycles. The summed E-state index contributed by atoms with van der Waals surface area (Å²) in [6, 6.07) is 0. The van der Waals surface area contributed by atoms with E-state index in [9.17, 15) is 30.0 Å². The van der Waals surface area contributed by atoms with Crippen LogP contribution in [-0.4, -0.2) is 89.0 Å². The van der Waals surface area contributed by atoms with E-state index in [0.717, 1.165) is 51.4 Å². The van der Waals surface area contributed by atoms with Gasteiger partial charge in [0.25, 0.3) is 0 Å². The van der Waals surface area contributed by atoms with E-state index in [4.69, 9.17) is 18.9 Å². The predicted octanol–water partition coefficient (Wildman–Crippen LogP) is 12.2. The number of hydrogen-bond donors (Lipinski definition) is 4. The van der Waals surface area contributed by atoms with E-state index in [2.05, 4.69) is 43.9 Å². The first-order chi connectivity index (χ1) is 30.8. The quantitative estimate of drug-likeness (QED) is 0.0201. The van der Waals surface area contributed by atoms with E-state index in [-0.39, 0.29) is 26.1 Å². The largest absolute Gasteiger partial charge is 0.462 e. The number of unbranched alkanes of at least 4 members (excludes halogenated alkanes) is 29. The molecule has 0 saturated carbocycles. The maximum absolute atomic E-state index is 12.8. The number of hydrogen-bond acceptors (Lipinski definition) is 10. The number of allylic oxidation sites excluding steroid dienone is 3. The Labute approximate surface area is 385 Å². The first kappa shape index (κ1) is 59.0. The van der Waals surface area contributed by atoms with Crippen LogP contribution in [0.3, 0.4) is 0 Å². The molecule has 0 amide bonds. The predicted molar refractivity (Wildman–Crippen MR) is 255 cm³/mol. The van der Waals surface area contributed by atoms with E-state index < -0.39 is 55.4 Å². The standard InChI is InChI=1S/C53H96O10/c1-3-5-7-9-11-13-15-17-19-20-21-22-23-24-25-26-28-29-31-33-35-37-39-41-48(55)60-44-46(45-61-53-52(59)51(58)50(57)47(43-54)63-53)62-49(56)42-40-38-36-34-32-30-27-18-16-14-12-10-8-6-4-2/h16,27,33,35,46-47,50-54,57-59H,3-15,17,19-26,28-32,34,36-45H2,1-2H3/b35-33+/t18?,46-,47-,50+,51?,52?,53-/m0/s1. The Kier molecular flexibility index (Phi) is 41.0. The molecule has 10 heteroatoms. The van der Waals surface area contributed by atoms with Crippen LogP contribution in [0.4, 0.5) is 0 Å². The summed E-state index contributed by atoms with van der Waals surface area (Å²) in [7, 11) is 0. The van der Waals surface area contributed by atoms with Crippen molar-refractivity contribution in [2.45, 2.75) is 275 Å². The Bertz CT molecular complexity index is 1130. The van der Waals surface area contributed by atoms with Gasteiger partial charge < -0.3 is 39.4 Å². The molecule has 0 aromatic rings. The van der Waals surface area contributed by atoms with Crippen molar-refractivity contribution >= 4 is 11.9 Å². The second-order valence-corrected chi connectivity index (χ2v) is 18.1. The zero-order valence-electron chi connectivity index (χ0n) is 40.4. The Morgan fingerprint density at radius 3 is 1.44 bits per heavy atom. The number of ether oxygens (including phenoxy) is 4. The molecule has 1 saturated heterocycles. The minimum Gasteiger partial charge on any atom is -0.462 e. The van der Waals surface area contributed by atoms with Crippen LogP contribution in [0.5, 0.6) is 0 Å². The minimum atomic E-state index is -1.60. The van der Waals surface area contributed by atoms with Gasteiger partial charge in [-0.05, 0) is 69.9 Å². The smallest absolute Gasteiger partial charge is 0.306 e. The highest BCUT2D eigenvalue weighted by atomic mass is 16.7. The van der Waals surface area contributed by atoms with Gasteiger partial charge in [0.15, 0.2) is 12.4 Å². The lowest BCUT2D eigenvalue weighted by atomic mass is 9.99. The van der Waals surface area contributed by atoms with Gasteiger partial charge in [0.05, 0.1) is 13.2 Å². The summed E-state index contributed by atoms with van der Waals surface area (Å²) >= 11 is 0. The van der Waals surface area contributed by atoms with Crippen LogP contribution in [-0.2, 0) is 28.5 Å². The molecule has 1 rings (SSSR count). The van der Waals surface area contributed by atoms with Gasteiger partial charge in [-0.25, -0.2) is 0 Å². The molecule has 0 spiro atoms. The summed E-state index contributed by atoms with van der Waals surface area (Å²) in [5.41, 5.74) is 3.30. The zero-order chi connectivity index (χ0) is 45.9. The van der Waals surface area contributed by atoms with E-state index in [0.29, 0.717) is 12.8 Å². The summed E-state index contributed by atoms with van der Waals surface area (Å²) in [5, 5.41) is 40.2. The SMILES string of the molecule is CCCCCCCC=C=CCCCCCCCC(=O)O[C@@H](COC(=O)CCC/C=C/CCCCCCCCCCCCCCCCCCCC)CO[C@H]1O[C@@H](CO)[C@@H](O)C(O)C1O.